The van der Waals surface area contributed by atoms with E-state index in [0.29, 0.717) is 25.5 Å². The lowest BCUT2D eigenvalue weighted by atomic mass is 10.2. The second-order valence-electron chi connectivity index (χ2n) is 7.86. The largest absolute Gasteiger partial charge is 0.482 e. The minimum Gasteiger partial charge on any atom is -0.482 e. The first kappa shape index (κ1) is 23.7. The Morgan fingerprint density at radius 3 is 2.73 bits per heavy atom. The summed E-state index contributed by atoms with van der Waals surface area (Å²) in [6.45, 7) is 1.93. The summed E-state index contributed by atoms with van der Waals surface area (Å²) < 4.78 is 24.5. The molecule has 1 fully saturated rings. The Kier molecular flexibility index (Phi) is 8.02. The molecule has 1 amide bonds. The van der Waals surface area contributed by atoms with Gasteiger partial charge in [0.2, 0.25) is 5.43 Å². The van der Waals surface area contributed by atoms with Crippen LogP contribution in [0.2, 0.25) is 0 Å². The summed E-state index contributed by atoms with van der Waals surface area (Å²) in [5, 5.41) is 0. The van der Waals surface area contributed by atoms with Gasteiger partial charge < -0.3 is 29.3 Å². The SMILES string of the molecule is COCCN1CNn2c(COC3CCCCO3)c(Br)c(=O)c(OCc3ccccc3)c2C1=O. The smallest absolute Gasteiger partial charge is 0.277 e. The lowest BCUT2D eigenvalue weighted by Gasteiger charge is -2.34. The fraction of sp³-hybridized carbons (Fsp3) is 0.478. The van der Waals surface area contributed by atoms with Crippen LogP contribution in [0.4, 0.5) is 0 Å². The van der Waals surface area contributed by atoms with Gasteiger partial charge in [-0.1, -0.05) is 30.3 Å². The number of rotatable bonds is 9. The number of hydrogen-bond donors (Lipinski definition) is 1. The maximum absolute atomic E-state index is 13.4. The van der Waals surface area contributed by atoms with Gasteiger partial charge in [0.1, 0.15) is 13.3 Å². The molecule has 0 aliphatic carbocycles. The van der Waals surface area contributed by atoms with Gasteiger partial charge >= 0.3 is 0 Å². The number of benzene rings is 1. The molecule has 1 saturated heterocycles. The third-order valence-corrected chi connectivity index (χ3v) is 6.43. The Morgan fingerprint density at radius 2 is 2.00 bits per heavy atom. The van der Waals surface area contributed by atoms with Crippen LogP contribution in [0.1, 0.15) is 41.0 Å². The van der Waals surface area contributed by atoms with Crippen molar-refractivity contribution >= 4 is 21.8 Å². The van der Waals surface area contributed by atoms with Gasteiger partial charge in [-0.25, -0.2) is 0 Å². The average molecular weight is 522 g/mol. The van der Waals surface area contributed by atoms with E-state index in [4.69, 9.17) is 18.9 Å². The van der Waals surface area contributed by atoms with E-state index in [0.717, 1.165) is 24.8 Å². The van der Waals surface area contributed by atoms with Crippen LogP contribution in [0.25, 0.3) is 0 Å². The Hall–Kier alpha value is -2.40. The van der Waals surface area contributed by atoms with E-state index in [-0.39, 0.29) is 48.0 Å². The number of amides is 1. The number of nitrogens with zero attached hydrogens (tertiary/aromatic N) is 2. The first-order valence-electron chi connectivity index (χ1n) is 11.0. The molecule has 1 aromatic carbocycles. The van der Waals surface area contributed by atoms with E-state index in [1.807, 2.05) is 30.3 Å². The third kappa shape index (κ3) is 5.40. The van der Waals surface area contributed by atoms with Crippen molar-refractivity contribution in [1.29, 1.82) is 0 Å². The first-order valence-corrected chi connectivity index (χ1v) is 11.8. The highest BCUT2D eigenvalue weighted by atomic mass is 79.9. The fourth-order valence-corrected chi connectivity index (χ4v) is 4.28. The summed E-state index contributed by atoms with van der Waals surface area (Å²) in [6, 6.07) is 9.49. The summed E-state index contributed by atoms with van der Waals surface area (Å²) >= 11 is 3.42. The van der Waals surface area contributed by atoms with Crippen LogP contribution in [0.3, 0.4) is 0 Å². The molecular weight excluding hydrogens is 494 g/mol. The molecule has 1 atom stereocenters. The van der Waals surface area contributed by atoms with Crippen LogP contribution in [0, 0.1) is 0 Å². The van der Waals surface area contributed by atoms with Gasteiger partial charge in [-0.3, -0.25) is 14.3 Å². The lowest BCUT2D eigenvalue weighted by Crippen LogP contribution is -2.49. The standard InChI is InChI=1S/C23H28BrN3O6/c1-30-12-10-26-15-25-27-17(14-32-18-9-5-6-11-31-18)19(24)21(28)22(20(27)23(26)29)33-13-16-7-3-2-4-8-16/h2-4,7-8,18,25H,5-6,9-15H2,1H3. The van der Waals surface area contributed by atoms with Gasteiger partial charge in [0, 0.05) is 20.3 Å². The molecule has 0 radical (unpaired) electrons. The number of fused-ring (bicyclic) bond motifs is 1. The highest BCUT2D eigenvalue weighted by Crippen LogP contribution is 2.27. The molecule has 4 rings (SSSR count). The van der Waals surface area contributed by atoms with Gasteiger partial charge in [0.15, 0.2) is 17.7 Å². The summed E-state index contributed by atoms with van der Waals surface area (Å²) in [5.41, 5.74) is 4.36. The van der Waals surface area contributed by atoms with Crippen LogP contribution >= 0.6 is 15.9 Å². The van der Waals surface area contributed by atoms with Crippen LogP contribution < -0.4 is 15.6 Å². The minimum atomic E-state index is -0.399. The van der Waals surface area contributed by atoms with Crippen molar-refractivity contribution in [1.82, 2.24) is 9.58 Å². The van der Waals surface area contributed by atoms with Crippen LogP contribution in [-0.2, 0) is 27.4 Å². The molecule has 1 aromatic heterocycles. The fourth-order valence-electron chi connectivity index (χ4n) is 3.81. The zero-order chi connectivity index (χ0) is 23.2. The molecule has 178 valence electrons. The highest BCUT2D eigenvalue weighted by Gasteiger charge is 2.33. The van der Waals surface area contributed by atoms with Crippen molar-refractivity contribution in [2.24, 2.45) is 0 Å². The van der Waals surface area contributed by atoms with Crippen molar-refractivity contribution in [3.8, 4) is 5.75 Å². The number of ether oxygens (including phenoxy) is 4. The van der Waals surface area contributed by atoms with Gasteiger partial charge in [-0.2, -0.15) is 0 Å². The molecule has 2 aliphatic rings. The molecule has 0 spiro atoms. The van der Waals surface area contributed by atoms with Crippen LogP contribution in [0.5, 0.6) is 5.75 Å². The Labute approximate surface area is 200 Å². The number of carbonyl (C=O) groups excluding carboxylic acids is 1. The molecule has 33 heavy (non-hydrogen) atoms. The second-order valence-corrected chi connectivity index (χ2v) is 8.65. The molecule has 1 N–H and O–H groups in total. The highest BCUT2D eigenvalue weighted by molar-refractivity contribution is 9.10. The molecule has 1 unspecified atom stereocenters. The van der Waals surface area contributed by atoms with E-state index in [1.54, 1.807) is 16.7 Å². The van der Waals surface area contributed by atoms with Crippen molar-refractivity contribution in [3.63, 3.8) is 0 Å². The van der Waals surface area contributed by atoms with E-state index in [9.17, 15) is 9.59 Å². The van der Waals surface area contributed by atoms with Crippen molar-refractivity contribution in [3.05, 3.63) is 62.0 Å². The number of methoxy groups -OCH3 is 1. The normalized spacial score (nSPS) is 18.1. The first-order chi connectivity index (χ1) is 16.1. The van der Waals surface area contributed by atoms with E-state index >= 15 is 0 Å². The molecule has 9 nitrogen and oxygen atoms in total. The zero-order valence-electron chi connectivity index (χ0n) is 18.5. The number of carbonyl (C=O) groups is 1. The second kappa shape index (κ2) is 11.1. The van der Waals surface area contributed by atoms with Crippen molar-refractivity contribution in [2.75, 3.05) is 39.0 Å². The minimum absolute atomic E-state index is 0.0111. The summed E-state index contributed by atoms with van der Waals surface area (Å²) in [4.78, 5) is 28.3. The summed E-state index contributed by atoms with van der Waals surface area (Å²) in [5.74, 6) is -0.323. The van der Waals surface area contributed by atoms with Gasteiger partial charge in [0.25, 0.3) is 5.91 Å². The zero-order valence-corrected chi connectivity index (χ0v) is 20.1. The topological polar surface area (TPSA) is 91.3 Å². The lowest BCUT2D eigenvalue weighted by molar-refractivity contribution is -0.170. The monoisotopic (exact) mass is 521 g/mol. The quantitative estimate of drug-likeness (QED) is 0.542. The van der Waals surface area contributed by atoms with Crippen LogP contribution in [-0.4, -0.2) is 55.3 Å². The molecule has 3 heterocycles. The van der Waals surface area contributed by atoms with Gasteiger partial charge in [0.05, 0.1) is 23.4 Å². The van der Waals surface area contributed by atoms with Gasteiger partial charge in [-0.05, 0) is 40.8 Å². The van der Waals surface area contributed by atoms with Gasteiger partial charge in [-0.15, -0.1) is 0 Å². The predicted molar refractivity (Wildman–Crippen MR) is 125 cm³/mol. The molecule has 0 bridgehead atoms. The Balaban J connectivity index is 1.67. The third-order valence-electron chi connectivity index (χ3n) is 5.61. The van der Waals surface area contributed by atoms with E-state index in [1.165, 1.54) is 0 Å². The Bertz CT molecular complexity index is 1020. The molecule has 2 aromatic rings. The van der Waals surface area contributed by atoms with E-state index < -0.39 is 5.43 Å². The maximum Gasteiger partial charge on any atom is 0.277 e. The van der Waals surface area contributed by atoms with Crippen LogP contribution in [0.15, 0.2) is 39.6 Å². The molecule has 10 heteroatoms. The Morgan fingerprint density at radius 1 is 1.18 bits per heavy atom. The number of hydrogen-bond acceptors (Lipinski definition) is 7. The van der Waals surface area contributed by atoms with Crippen molar-refractivity contribution in [2.45, 2.75) is 38.8 Å². The predicted octanol–water partition coefficient (Wildman–Crippen LogP) is 2.84. The number of pyridine rings is 1. The maximum atomic E-state index is 13.4. The number of halogens is 1. The summed E-state index contributed by atoms with van der Waals surface area (Å²) in [6.07, 6.45) is 2.51. The number of nitrogens with one attached hydrogen (secondary N) is 1. The molecular formula is C23H28BrN3O6. The van der Waals surface area contributed by atoms with E-state index in [2.05, 4.69) is 21.4 Å². The molecule has 0 saturated carbocycles. The van der Waals surface area contributed by atoms with Crippen molar-refractivity contribution < 1.29 is 23.7 Å². The molecule has 2 aliphatic heterocycles. The summed E-state index contributed by atoms with van der Waals surface area (Å²) in [7, 11) is 1.58. The number of aromatic nitrogens is 1. The average Bonchev–Trinajstić information content (AvgIpc) is 2.85.